The summed E-state index contributed by atoms with van der Waals surface area (Å²) in [5.74, 6) is -4.15. The number of rotatable bonds is 3. The van der Waals surface area contributed by atoms with E-state index in [1.807, 2.05) is 0 Å². The fourth-order valence-corrected chi connectivity index (χ4v) is 1.60. The zero-order chi connectivity index (χ0) is 14.0. The van der Waals surface area contributed by atoms with Crippen LogP contribution in [0.25, 0.3) is 0 Å². The molecule has 0 aliphatic heterocycles. The predicted octanol–water partition coefficient (Wildman–Crippen LogP) is 2.89. The van der Waals surface area contributed by atoms with Crippen LogP contribution in [0.2, 0.25) is 0 Å². The fourth-order valence-electron chi connectivity index (χ4n) is 1.60. The molecular weight excluding hydrogens is 254 g/mol. The average Bonchev–Trinajstić information content (AvgIpc) is 2.41. The van der Waals surface area contributed by atoms with Crippen LogP contribution in [0.5, 0.6) is 0 Å². The van der Waals surface area contributed by atoms with Crippen LogP contribution in [0.15, 0.2) is 42.5 Å². The van der Waals surface area contributed by atoms with Gasteiger partial charge in [-0.2, -0.15) is 0 Å². The van der Waals surface area contributed by atoms with Crippen molar-refractivity contribution in [3.63, 3.8) is 0 Å². The molecule has 1 N–H and O–H groups in total. The molecule has 0 unspecified atom stereocenters. The molecule has 2 rings (SSSR count). The summed E-state index contributed by atoms with van der Waals surface area (Å²) in [6.45, 7) is 0. The number of carboxylic acid groups (broad SMARTS) is 1. The first kappa shape index (κ1) is 12.9. The van der Waals surface area contributed by atoms with Gasteiger partial charge in [-0.1, -0.05) is 18.2 Å². The summed E-state index contributed by atoms with van der Waals surface area (Å²) in [7, 11) is 0. The van der Waals surface area contributed by atoms with E-state index in [0.29, 0.717) is 0 Å². The average molecular weight is 262 g/mol. The molecule has 0 bridgehead atoms. The van der Waals surface area contributed by atoms with Crippen molar-refractivity contribution in [2.24, 2.45) is 0 Å². The molecule has 0 heterocycles. The normalized spacial score (nSPS) is 10.2. The second kappa shape index (κ2) is 4.97. The minimum absolute atomic E-state index is 0.0104. The summed E-state index contributed by atoms with van der Waals surface area (Å²) in [5, 5.41) is 8.72. The molecule has 3 nitrogen and oxygen atoms in total. The number of halogens is 2. The van der Waals surface area contributed by atoms with Crippen LogP contribution in [-0.2, 0) is 0 Å². The van der Waals surface area contributed by atoms with Gasteiger partial charge in [0.2, 0.25) is 0 Å². The van der Waals surface area contributed by atoms with Crippen LogP contribution in [0.1, 0.15) is 26.3 Å². The Hall–Kier alpha value is -2.56. The van der Waals surface area contributed by atoms with E-state index in [2.05, 4.69) is 0 Å². The second-order valence-electron chi connectivity index (χ2n) is 3.81. The highest BCUT2D eigenvalue weighted by atomic mass is 19.2. The number of hydrogen-bond acceptors (Lipinski definition) is 2. The van der Waals surface area contributed by atoms with E-state index >= 15 is 0 Å². The number of carbonyl (C=O) groups is 2. The van der Waals surface area contributed by atoms with Crippen LogP contribution in [0.3, 0.4) is 0 Å². The van der Waals surface area contributed by atoms with Crippen molar-refractivity contribution in [1.82, 2.24) is 0 Å². The predicted molar refractivity (Wildman–Crippen MR) is 63.2 cm³/mol. The van der Waals surface area contributed by atoms with Gasteiger partial charge in [0.25, 0.3) is 0 Å². The highest BCUT2D eigenvalue weighted by molar-refractivity contribution is 6.09. The lowest BCUT2D eigenvalue weighted by molar-refractivity contribution is 0.0696. The van der Waals surface area contributed by atoms with Crippen LogP contribution < -0.4 is 0 Å². The molecule has 0 amide bonds. The first-order valence-electron chi connectivity index (χ1n) is 5.33. The smallest absolute Gasteiger partial charge is 0.335 e. The summed E-state index contributed by atoms with van der Waals surface area (Å²) in [5.41, 5.74) is -0.283. The SMILES string of the molecule is O=C(O)c1ccc(C(=O)c2cccc(F)c2F)cc1. The molecule has 96 valence electrons. The minimum Gasteiger partial charge on any atom is -0.478 e. The van der Waals surface area contributed by atoms with Gasteiger partial charge in [-0.15, -0.1) is 0 Å². The largest absolute Gasteiger partial charge is 0.478 e. The first-order chi connectivity index (χ1) is 9.00. The van der Waals surface area contributed by atoms with Gasteiger partial charge in [0.15, 0.2) is 17.4 Å². The molecule has 0 aliphatic carbocycles. The molecule has 0 aliphatic rings. The van der Waals surface area contributed by atoms with Crippen LogP contribution in [0, 0.1) is 11.6 Å². The summed E-state index contributed by atoms with van der Waals surface area (Å²) in [4.78, 5) is 22.6. The maximum absolute atomic E-state index is 13.5. The monoisotopic (exact) mass is 262 g/mol. The maximum Gasteiger partial charge on any atom is 0.335 e. The standard InChI is InChI=1S/C14H8F2O3/c15-11-3-1-2-10(12(11)16)13(17)8-4-6-9(7-5-8)14(18)19/h1-7H,(H,18,19). The van der Waals surface area contributed by atoms with Crippen LogP contribution in [-0.4, -0.2) is 16.9 Å². The number of aromatic carboxylic acids is 1. The van der Waals surface area contributed by atoms with Crippen molar-refractivity contribution in [2.75, 3.05) is 0 Å². The lowest BCUT2D eigenvalue weighted by Crippen LogP contribution is -2.06. The summed E-state index contributed by atoms with van der Waals surface area (Å²) >= 11 is 0. The van der Waals surface area contributed by atoms with Crippen molar-refractivity contribution in [1.29, 1.82) is 0 Å². The highest BCUT2D eigenvalue weighted by Gasteiger charge is 2.17. The molecule has 0 saturated carbocycles. The number of carbonyl (C=O) groups excluding carboxylic acids is 1. The van der Waals surface area contributed by atoms with Crippen molar-refractivity contribution in [2.45, 2.75) is 0 Å². The Bertz CT molecular complexity index is 648. The summed E-state index contributed by atoms with van der Waals surface area (Å²) in [6, 6.07) is 8.30. The maximum atomic E-state index is 13.5. The molecule has 0 saturated heterocycles. The van der Waals surface area contributed by atoms with E-state index < -0.39 is 23.4 Å². The Morgan fingerprint density at radius 1 is 0.895 bits per heavy atom. The highest BCUT2D eigenvalue weighted by Crippen LogP contribution is 2.16. The van der Waals surface area contributed by atoms with Crippen molar-refractivity contribution in [3.05, 3.63) is 70.8 Å². The van der Waals surface area contributed by atoms with E-state index in [0.717, 1.165) is 6.07 Å². The van der Waals surface area contributed by atoms with Gasteiger partial charge in [0, 0.05) is 5.56 Å². The van der Waals surface area contributed by atoms with Gasteiger partial charge in [0.05, 0.1) is 11.1 Å². The molecule has 2 aromatic carbocycles. The van der Waals surface area contributed by atoms with Crippen molar-refractivity contribution in [3.8, 4) is 0 Å². The van der Waals surface area contributed by atoms with Gasteiger partial charge >= 0.3 is 5.97 Å². The third-order valence-corrected chi connectivity index (χ3v) is 2.59. The third kappa shape index (κ3) is 2.49. The molecule has 0 spiro atoms. The van der Waals surface area contributed by atoms with E-state index in [1.54, 1.807) is 0 Å². The van der Waals surface area contributed by atoms with Gasteiger partial charge in [-0.3, -0.25) is 4.79 Å². The fraction of sp³-hybridized carbons (Fsp3) is 0. The third-order valence-electron chi connectivity index (χ3n) is 2.59. The Morgan fingerprint density at radius 2 is 1.47 bits per heavy atom. The van der Waals surface area contributed by atoms with Gasteiger partial charge in [0.1, 0.15) is 0 Å². The Labute approximate surface area is 107 Å². The number of carboxylic acids is 1. The Kier molecular flexibility index (Phi) is 3.37. The van der Waals surface area contributed by atoms with E-state index in [1.165, 1.54) is 36.4 Å². The first-order valence-corrected chi connectivity index (χ1v) is 5.33. The second-order valence-corrected chi connectivity index (χ2v) is 3.81. The minimum atomic E-state index is -1.21. The van der Waals surface area contributed by atoms with E-state index in [9.17, 15) is 18.4 Å². The molecule has 19 heavy (non-hydrogen) atoms. The van der Waals surface area contributed by atoms with Crippen LogP contribution >= 0.6 is 0 Å². The molecule has 2 aromatic rings. The van der Waals surface area contributed by atoms with Gasteiger partial charge in [-0.05, 0) is 24.3 Å². The molecule has 0 atom stereocenters. The Morgan fingerprint density at radius 3 is 2.05 bits per heavy atom. The molecular formula is C14H8F2O3. The zero-order valence-electron chi connectivity index (χ0n) is 9.56. The molecule has 0 radical (unpaired) electrons. The number of benzene rings is 2. The molecule has 0 aromatic heterocycles. The Balaban J connectivity index is 2.39. The van der Waals surface area contributed by atoms with E-state index in [4.69, 9.17) is 5.11 Å². The molecule has 5 heteroatoms. The number of ketones is 1. The lowest BCUT2D eigenvalue weighted by Gasteiger charge is -2.03. The van der Waals surface area contributed by atoms with Gasteiger partial charge < -0.3 is 5.11 Å². The van der Waals surface area contributed by atoms with Crippen molar-refractivity contribution >= 4 is 11.8 Å². The topological polar surface area (TPSA) is 54.4 Å². The number of hydrogen-bond donors (Lipinski definition) is 1. The summed E-state index contributed by atoms with van der Waals surface area (Å²) in [6.07, 6.45) is 0. The molecule has 0 fully saturated rings. The van der Waals surface area contributed by atoms with Gasteiger partial charge in [-0.25, -0.2) is 13.6 Å². The van der Waals surface area contributed by atoms with E-state index in [-0.39, 0.29) is 16.7 Å². The lowest BCUT2D eigenvalue weighted by atomic mass is 10.0. The van der Waals surface area contributed by atoms with Crippen molar-refractivity contribution < 1.29 is 23.5 Å². The quantitative estimate of drug-likeness (QED) is 0.865. The van der Waals surface area contributed by atoms with Crippen LogP contribution in [0.4, 0.5) is 8.78 Å². The zero-order valence-corrected chi connectivity index (χ0v) is 9.56. The summed E-state index contributed by atoms with van der Waals surface area (Å²) < 4.78 is 26.5.